The summed E-state index contributed by atoms with van der Waals surface area (Å²) in [5, 5.41) is 9.27. The lowest BCUT2D eigenvalue weighted by Crippen LogP contribution is -2.57. The molecule has 0 saturated heterocycles. The van der Waals surface area contributed by atoms with Gasteiger partial charge in [-0.05, 0) is 157 Å². The fourth-order valence-corrected chi connectivity index (χ4v) is 15.4. The number of fused-ring (bicyclic) bond motifs is 10. The van der Waals surface area contributed by atoms with Crippen LogP contribution in [0.3, 0.4) is 0 Å². The second kappa shape index (κ2) is 13.7. The number of hydrogen-bond donors (Lipinski definition) is 1. The van der Waals surface area contributed by atoms with Crippen LogP contribution in [-0.4, -0.2) is 35.3 Å². The zero-order chi connectivity index (χ0) is 39.3. The summed E-state index contributed by atoms with van der Waals surface area (Å²) in [6.07, 6.45) is 29.4. The number of ether oxygens (including phenoxy) is 2. The zero-order valence-corrected chi connectivity index (χ0v) is 35.1. The van der Waals surface area contributed by atoms with Crippen molar-refractivity contribution < 1.29 is 19.1 Å². The van der Waals surface area contributed by atoms with E-state index >= 15 is 0 Å². The Morgan fingerprint density at radius 1 is 0.768 bits per heavy atom. The minimum absolute atomic E-state index is 0.00951. The molecule has 4 saturated carbocycles. The second-order valence-corrected chi connectivity index (χ2v) is 20.5. The molecule has 6 heteroatoms. The molecule has 9 rings (SSSR count). The largest absolute Gasteiger partial charge is 0.462 e. The number of allylic oxidation sites excluding steroid dienone is 6. The molecular weight excluding hydrogens is 693 g/mol. The molecule has 0 bridgehead atoms. The summed E-state index contributed by atoms with van der Waals surface area (Å²) < 4.78 is 11.8. The maximum Gasteiger partial charge on any atom is 0.305 e. The van der Waals surface area contributed by atoms with E-state index in [9.17, 15) is 15.0 Å². The van der Waals surface area contributed by atoms with E-state index in [1.54, 1.807) is 22.3 Å². The standard InChI is InChI=1S/C50H66N2O4/c1-7-43(53)55-34-16-20-46(3)32(26-34)11-12-36-39(46)18-22-49(6)40(36)28-37(45(49)31-10-9-25-52-29-31)38-13-14-41-48(38,5)23-19-42-47(4)21-17-35(56-44(54)8-2)27-33(47)15-24-50(41,42)30-51/h9-11,13,15,25,29-30,34-36,39-42,51H,7-8,12,14,16-24,26-28H2,1-6H3. The van der Waals surface area contributed by atoms with Crippen LogP contribution >= 0.6 is 0 Å². The van der Waals surface area contributed by atoms with Gasteiger partial charge in [-0.15, -0.1) is 0 Å². The first-order chi connectivity index (χ1) is 26.8. The summed E-state index contributed by atoms with van der Waals surface area (Å²) in [5.74, 6) is 2.53. The number of hydrogen-bond acceptors (Lipinski definition) is 6. The zero-order valence-electron chi connectivity index (χ0n) is 35.1. The van der Waals surface area contributed by atoms with Gasteiger partial charge in [0.1, 0.15) is 12.2 Å². The van der Waals surface area contributed by atoms with E-state index in [2.05, 4.69) is 64.3 Å². The average molecular weight is 759 g/mol. The number of carbonyl (C=O) groups excluding carboxylic acids is 2. The lowest BCUT2D eigenvalue weighted by atomic mass is 9.41. The molecule has 0 aromatic carbocycles. The summed E-state index contributed by atoms with van der Waals surface area (Å²) >= 11 is 0. The lowest BCUT2D eigenvalue weighted by Gasteiger charge is -2.63. The van der Waals surface area contributed by atoms with Crippen LogP contribution in [0.1, 0.15) is 150 Å². The number of aromatic nitrogens is 1. The highest BCUT2D eigenvalue weighted by Gasteiger charge is 2.65. The van der Waals surface area contributed by atoms with Gasteiger partial charge in [0.05, 0.1) is 0 Å². The summed E-state index contributed by atoms with van der Waals surface area (Å²) in [4.78, 5) is 29.2. The Hall–Kier alpha value is -3.28. The molecule has 4 fully saturated rings. The second-order valence-electron chi connectivity index (χ2n) is 20.5. The molecule has 0 aliphatic heterocycles. The number of esters is 2. The highest BCUT2D eigenvalue weighted by atomic mass is 16.5. The SMILES string of the molecule is CCC(=O)OC1CCC2(C)C(=CCC3C2CCC2(C)C(c4cccnc4)=C(C4=CCC5C4(C)CCC4C6(C)CCC(OC(=O)CC)CC6=CCC45C=N)CC32)C1. The Morgan fingerprint density at radius 2 is 1.43 bits per heavy atom. The summed E-state index contributed by atoms with van der Waals surface area (Å²) in [7, 11) is 0. The van der Waals surface area contributed by atoms with Crippen LogP contribution in [0.25, 0.3) is 5.57 Å². The minimum atomic E-state index is -0.171. The van der Waals surface area contributed by atoms with Crippen LogP contribution in [0.4, 0.5) is 0 Å². The van der Waals surface area contributed by atoms with Crippen molar-refractivity contribution in [3.8, 4) is 0 Å². The van der Waals surface area contributed by atoms with Gasteiger partial charge in [0.25, 0.3) is 0 Å². The number of nitrogens with one attached hydrogen (secondary N) is 1. The third-order valence-electron chi connectivity index (χ3n) is 18.3. The van der Waals surface area contributed by atoms with E-state index < -0.39 is 0 Å². The van der Waals surface area contributed by atoms with E-state index in [1.807, 2.05) is 26.3 Å². The summed E-state index contributed by atoms with van der Waals surface area (Å²) in [5.41, 5.74) is 9.26. The Bertz CT molecular complexity index is 1930. The molecule has 1 heterocycles. The van der Waals surface area contributed by atoms with Crippen molar-refractivity contribution >= 4 is 23.7 Å². The van der Waals surface area contributed by atoms with E-state index in [-0.39, 0.29) is 51.2 Å². The van der Waals surface area contributed by atoms with Crippen LogP contribution in [0.5, 0.6) is 0 Å². The molecule has 8 aliphatic rings. The van der Waals surface area contributed by atoms with Crippen LogP contribution in [0.2, 0.25) is 0 Å². The van der Waals surface area contributed by atoms with E-state index in [0.717, 1.165) is 77.0 Å². The molecule has 1 aromatic rings. The normalized spacial score (nSPS) is 43.7. The molecule has 12 unspecified atom stereocenters. The minimum Gasteiger partial charge on any atom is -0.462 e. The number of nitrogens with zero attached hydrogens (tertiary/aromatic N) is 1. The third-order valence-corrected chi connectivity index (χ3v) is 18.3. The predicted octanol–water partition coefficient (Wildman–Crippen LogP) is 11.6. The van der Waals surface area contributed by atoms with Crippen molar-refractivity contribution in [1.82, 2.24) is 4.98 Å². The first-order valence-corrected chi connectivity index (χ1v) is 22.5. The molecule has 300 valence electrons. The quantitative estimate of drug-likeness (QED) is 0.170. The fourth-order valence-electron chi connectivity index (χ4n) is 15.4. The molecule has 8 aliphatic carbocycles. The van der Waals surface area contributed by atoms with Crippen LogP contribution in [0, 0.1) is 62.1 Å². The Kier molecular flexibility index (Phi) is 9.32. The predicted molar refractivity (Wildman–Crippen MR) is 221 cm³/mol. The van der Waals surface area contributed by atoms with E-state index in [1.165, 1.54) is 24.0 Å². The molecule has 0 radical (unpaired) electrons. The molecule has 1 N–H and O–H groups in total. The molecular formula is C50H66N2O4. The first kappa shape index (κ1) is 38.2. The van der Waals surface area contributed by atoms with Gasteiger partial charge in [-0.25, -0.2) is 0 Å². The van der Waals surface area contributed by atoms with Crippen molar-refractivity contribution in [2.75, 3.05) is 0 Å². The molecule has 0 amide bonds. The van der Waals surface area contributed by atoms with Crippen molar-refractivity contribution in [3.05, 3.63) is 70.6 Å². The lowest BCUT2D eigenvalue weighted by molar-refractivity contribution is -0.152. The molecule has 12 atom stereocenters. The van der Waals surface area contributed by atoms with Gasteiger partial charge in [-0.2, -0.15) is 0 Å². The molecule has 56 heavy (non-hydrogen) atoms. The van der Waals surface area contributed by atoms with Gasteiger partial charge < -0.3 is 14.9 Å². The molecule has 1 aromatic heterocycles. The highest BCUT2D eigenvalue weighted by Crippen LogP contribution is 2.74. The average Bonchev–Trinajstić information content (AvgIpc) is 3.72. The van der Waals surface area contributed by atoms with Gasteiger partial charge in [0, 0.05) is 49.7 Å². The highest BCUT2D eigenvalue weighted by molar-refractivity contribution is 5.80. The van der Waals surface area contributed by atoms with Crippen LogP contribution in [-0.2, 0) is 19.1 Å². The Morgan fingerprint density at radius 3 is 2.09 bits per heavy atom. The monoisotopic (exact) mass is 759 g/mol. The smallest absolute Gasteiger partial charge is 0.305 e. The van der Waals surface area contributed by atoms with Crippen molar-refractivity contribution in [2.24, 2.45) is 56.7 Å². The molecule has 0 spiro atoms. The molecule has 6 nitrogen and oxygen atoms in total. The van der Waals surface area contributed by atoms with Crippen molar-refractivity contribution in [2.45, 2.75) is 156 Å². The first-order valence-electron chi connectivity index (χ1n) is 22.5. The number of carbonyl (C=O) groups is 2. The number of pyridine rings is 1. The van der Waals surface area contributed by atoms with E-state index in [4.69, 9.17) is 14.5 Å². The van der Waals surface area contributed by atoms with Crippen molar-refractivity contribution in [3.63, 3.8) is 0 Å². The fraction of sp³-hybridized carbons (Fsp3) is 0.680. The summed E-state index contributed by atoms with van der Waals surface area (Å²) in [6.45, 7) is 14.0. The van der Waals surface area contributed by atoms with Gasteiger partial charge in [-0.3, -0.25) is 14.6 Å². The van der Waals surface area contributed by atoms with Gasteiger partial charge in [0.15, 0.2) is 0 Å². The van der Waals surface area contributed by atoms with Gasteiger partial charge in [0.2, 0.25) is 0 Å². The van der Waals surface area contributed by atoms with Gasteiger partial charge in [-0.1, -0.05) is 77.0 Å². The van der Waals surface area contributed by atoms with E-state index in [0.29, 0.717) is 42.4 Å². The number of rotatable bonds is 7. The maximum absolute atomic E-state index is 12.2. The van der Waals surface area contributed by atoms with Gasteiger partial charge >= 0.3 is 11.9 Å². The third kappa shape index (κ3) is 5.45. The van der Waals surface area contributed by atoms with Crippen LogP contribution < -0.4 is 0 Å². The maximum atomic E-state index is 12.2. The van der Waals surface area contributed by atoms with Crippen molar-refractivity contribution in [1.29, 1.82) is 5.41 Å². The Labute approximate surface area is 336 Å². The summed E-state index contributed by atoms with van der Waals surface area (Å²) in [6, 6.07) is 4.46. The topological polar surface area (TPSA) is 89.3 Å². The Balaban J connectivity index is 1.04. The van der Waals surface area contributed by atoms with Crippen LogP contribution in [0.15, 0.2) is 65.0 Å².